The molecule has 1 aromatic rings. The number of hydrogen-bond acceptors (Lipinski definition) is 3. The average Bonchev–Trinajstić information content (AvgIpc) is 2.35. The molecular formula is C12H13ClF2O4. The molecule has 19 heavy (non-hydrogen) atoms. The maximum atomic E-state index is 12.3. The van der Waals surface area contributed by atoms with Crippen LogP contribution in [0.25, 0.3) is 0 Å². The summed E-state index contributed by atoms with van der Waals surface area (Å²) in [5.74, 6) is -1.31. The number of halogens is 3. The van der Waals surface area contributed by atoms with Gasteiger partial charge in [0, 0.05) is 11.4 Å². The van der Waals surface area contributed by atoms with Crippen molar-refractivity contribution in [3.63, 3.8) is 0 Å². The quantitative estimate of drug-likeness (QED) is 0.759. The van der Waals surface area contributed by atoms with E-state index in [9.17, 15) is 18.7 Å². The van der Waals surface area contributed by atoms with E-state index in [2.05, 4.69) is 4.74 Å². The monoisotopic (exact) mass is 294 g/mol. The molecule has 0 aliphatic heterocycles. The van der Waals surface area contributed by atoms with Gasteiger partial charge in [-0.1, -0.05) is 12.1 Å². The highest BCUT2D eigenvalue weighted by atomic mass is 35.5. The molecule has 0 spiro atoms. The third-order valence-electron chi connectivity index (χ3n) is 2.47. The molecule has 0 heterocycles. The Bertz CT molecular complexity index is 440. The molecule has 4 nitrogen and oxygen atoms in total. The molecule has 0 aromatic heterocycles. The SMILES string of the molecule is O=C(O)C(O)c1cccc(OC(F)F)c1CCCCl. The first-order valence-corrected chi connectivity index (χ1v) is 6.04. The molecule has 1 aromatic carbocycles. The van der Waals surface area contributed by atoms with Crippen molar-refractivity contribution in [3.05, 3.63) is 29.3 Å². The fourth-order valence-electron chi connectivity index (χ4n) is 1.69. The van der Waals surface area contributed by atoms with Crippen molar-refractivity contribution >= 4 is 17.6 Å². The summed E-state index contributed by atoms with van der Waals surface area (Å²) in [6.07, 6.45) is -1.09. The van der Waals surface area contributed by atoms with E-state index < -0.39 is 18.7 Å². The molecule has 0 radical (unpaired) electrons. The number of rotatable bonds is 7. The lowest BCUT2D eigenvalue weighted by molar-refractivity contribution is -0.147. The van der Waals surface area contributed by atoms with Crippen molar-refractivity contribution in [1.29, 1.82) is 0 Å². The average molecular weight is 295 g/mol. The number of ether oxygens (including phenoxy) is 1. The first-order chi connectivity index (χ1) is 8.97. The van der Waals surface area contributed by atoms with Crippen molar-refractivity contribution in [2.45, 2.75) is 25.6 Å². The van der Waals surface area contributed by atoms with E-state index in [1.807, 2.05) is 0 Å². The fraction of sp³-hybridized carbons (Fsp3) is 0.417. The van der Waals surface area contributed by atoms with Gasteiger partial charge in [0.15, 0.2) is 6.10 Å². The molecule has 1 rings (SSSR count). The Labute approximate surface area is 113 Å². The van der Waals surface area contributed by atoms with E-state index >= 15 is 0 Å². The number of aliphatic carboxylic acids is 1. The molecular weight excluding hydrogens is 282 g/mol. The van der Waals surface area contributed by atoms with Crippen LogP contribution in [0, 0.1) is 0 Å². The number of aliphatic hydroxyl groups excluding tert-OH is 1. The lowest BCUT2D eigenvalue weighted by Crippen LogP contribution is -2.14. The van der Waals surface area contributed by atoms with Gasteiger partial charge in [-0.2, -0.15) is 8.78 Å². The van der Waals surface area contributed by atoms with Crippen LogP contribution in [0.4, 0.5) is 8.78 Å². The molecule has 0 bridgehead atoms. The van der Waals surface area contributed by atoms with E-state index in [4.69, 9.17) is 16.7 Å². The molecule has 0 fully saturated rings. The summed E-state index contributed by atoms with van der Waals surface area (Å²) in [6.45, 7) is -3.02. The van der Waals surface area contributed by atoms with Crippen LogP contribution in [0.3, 0.4) is 0 Å². The Hall–Kier alpha value is -1.40. The zero-order chi connectivity index (χ0) is 14.4. The largest absolute Gasteiger partial charge is 0.479 e. The molecule has 0 aliphatic rings. The third kappa shape index (κ3) is 4.33. The first-order valence-electron chi connectivity index (χ1n) is 5.50. The third-order valence-corrected chi connectivity index (χ3v) is 2.74. The summed E-state index contributed by atoms with van der Waals surface area (Å²) in [5.41, 5.74) is 0.272. The molecule has 0 amide bonds. The standard InChI is InChI=1S/C12H13ClF2O4/c13-6-2-4-7-8(10(16)11(17)18)3-1-5-9(7)19-12(14)15/h1,3,5,10,12,16H,2,4,6H2,(H,17,18). The lowest BCUT2D eigenvalue weighted by Gasteiger charge is -2.16. The van der Waals surface area contributed by atoms with Crippen LogP contribution in [0.5, 0.6) is 5.75 Å². The number of alkyl halides is 3. The highest BCUT2D eigenvalue weighted by Crippen LogP contribution is 2.29. The van der Waals surface area contributed by atoms with E-state index in [1.54, 1.807) is 0 Å². The summed E-state index contributed by atoms with van der Waals surface area (Å²) in [6, 6.07) is 4.01. The number of carboxylic acid groups (broad SMARTS) is 1. The Morgan fingerprint density at radius 2 is 2.11 bits per heavy atom. The van der Waals surface area contributed by atoms with Crippen LogP contribution in [0.2, 0.25) is 0 Å². The van der Waals surface area contributed by atoms with Crippen LogP contribution in [0.1, 0.15) is 23.7 Å². The molecule has 2 N–H and O–H groups in total. The Morgan fingerprint density at radius 3 is 2.63 bits per heavy atom. The zero-order valence-corrected chi connectivity index (χ0v) is 10.6. The topological polar surface area (TPSA) is 66.8 Å². The van der Waals surface area contributed by atoms with Crippen molar-refractivity contribution < 1.29 is 28.5 Å². The second-order valence-corrected chi connectivity index (χ2v) is 4.11. The fourth-order valence-corrected chi connectivity index (χ4v) is 1.82. The smallest absolute Gasteiger partial charge is 0.387 e. The number of aliphatic hydroxyl groups is 1. The number of carbonyl (C=O) groups is 1. The Morgan fingerprint density at radius 1 is 1.42 bits per heavy atom. The van der Waals surface area contributed by atoms with Gasteiger partial charge in [-0.15, -0.1) is 11.6 Å². The van der Waals surface area contributed by atoms with Gasteiger partial charge in [-0.25, -0.2) is 4.79 Å². The lowest BCUT2D eigenvalue weighted by atomic mass is 9.98. The van der Waals surface area contributed by atoms with E-state index in [1.165, 1.54) is 18.2 Å². The summed E-state index contributed by atoms with van der Waals surface area (Å²) >= 11 is 5.54. The van der Waals surface area contributed by atoms with Gasteiger partial charge in [0.05, 0.1) is 0 Å². The maximum Gasteiger partial charge on any atom is 0.387 e. The predicted molar refractivity (Wildman–Crippen MR) is 64.7 cm³/mol. The number of carboxylic acids is 1. The summed E-state index contributed by atoms with van der Waals surface area (Å²) in [5, 5.41) is 18.4. The second-order valence-electron chi connectivity index (χ2n) is 3.74. The molecule has 106 valence electrons. The summed E-state index contributed by atoms with van der Waals surface area (Å²) in [7, 11) is 0. The molecule has 0 saturated carbocycles. The van der Waals surface area contributed by atoms with Crippen molar-refractivity contribution in [3.8, 4) is 5.75 Å². The van der Waals surface area contributed by atoms with Crippen LogP contribution >= 0.6 is 11.6 Å². The number of benzene rings is 1. The van der Waals surface area contributed by atoms with Crippen LogP contribution < -0.4 is 4.74 Å². The first kappa shape index (κ1) is 15.7. The molecule has 1 atom stereocenters. The highest BCUT2D eigenvalue weighted by Gasteiger charge is 2.22. The van der Waals surface area contributed by atoms with Crippen molar-refractivity contribution in [1.82, 2.24) is 0 Å². The predicted octanol–water partition coefficient (Wildman–Crippen LogP) is 2.58. The normalized spacial score (nSPS) is 12.5. The number of hydrogen-bond donors (Lipinski definition) is 2. The Balaban J connectivity index is 3.17. The van der Waals surface area contributed by atoms with Crippen LogP contribution in [-0.2, 0) is 11.2 Å². The minimum Gasteiger partial charge on any atom is -0.479 e. The van der Waals surface area contributed by atoms with Gasteiger partial charge >= 0.3 is 12.6 Å². The van der Waals surface area contributed by atoms with Crippen LogP contribution in [0.15, 0.2) is 18.2 Å². The van der Waals surface area contributed by atoms with Gasteiger partial charge in [-0.3, -0.25) is 0 Å². The van der Waals surface area contributed by atoms with Gasteiger partial charge in [0.1, 0.15) is 5.75 Å². The summed E-state index contributed by atoms with van der Waals surface area (Å²) in [4.78, 5) is 10.8. The van der Waals surface area contributed by atoms with Gasteiger partial charge < -0.3 is 14.9 Å². The summed E-state index contributed by atoms with van der Waals surface area (Å²) < 4.78 is 28.9. The van der Waals surface area contributed by atoms with Gasteiger partial charge in [0.2, 0.25) is 0 Å². The van der Waals surface area contributed by atoms with Gasteiger partial charge in [0.25, 0.3) is 0 Å². The van der Waals surface area contributed by atoms with Crippen LogP contribution in [-0.4, -0.2) is 28.7 Å². The molecule has 7 heteroatoms. The highest BCUT2D eigenvalue weighted by molar-refractivity contribution is 6.17. The molecule has 1 unspecified atom stereocenters. The minimum atomic E-state index is -3.02. The maximum absolute atomic E-state index is 12.3. The van der Waals surface area contributed by atoms with Crippen molar-refractivity contribution in [2.75, 3.05) is 5.88 Å². The minimum absolute atomic E-state index is 0.0377. The van der Waals surface area contributed by atoms with E-state index in [-0.39, 0.29) is 29.2 Å². The second kappa shape index (κ2) is 7.25. The zero-order valence-electron chi connectivity index (χ0n) is 9.85. The Kier molecular flexibility index (Phi) is 5.98. The van der Waals surface area contributed by atoms with E-state index in [0.29, 0.717) is 6.42 Å². The van der Waals surface area contributed by atoms with Gasteiger partial charge in [-0.05, 0) is 24.5 Å². The van der Waals surface area contributed by atoms with Crippen molar-refractivity contribution in [2.24, 2.45) is 0 Å². The molecule has 0 aliphatic carbocycles. The van der Waals surface area contributed by atoms with E-state index in [0.717, 1.165) is 0 Å². The molecule has 0 saturated heterocycles.